The molecule has 1 aromatic heterocycles. The van der Waals surface area contributed by atoms with Gasteiger partial charge in [0.05, 0.1) is 12.8 Å². The first kappa shape index (κ1) is 13.1. The second kappa shape index (κ2) is 4.90. The fraction of sp³-hybridized carbons (Fsp3) is 0.333. The summed E-state index contributed by atoms with van der Waals surface area (Å²) in [4.78, 5) is 16.9. The minimum atomic E-state index is -0.772. The van der Waals surface area contributed by atoms with Crippen LogP contribution in [0.5, 0.6) is 5.75 Å². The number of fused-ring (bicyclic) bond motifs is 1. The van der Waals surface area contributed by atoms with E-state index in [-0.39, 0.29) is 0 Å². The maximum atomic E-state index is 11.2. The van der Waals surface area contributed by atoms with Crippen LogP contribution >= 0.6 is 11.3 Å². The highest BCUT2D eigenvalue weighted by Gasteiger charge is 2.32. The molecule has 0 radical (unpaired) electrons. The number of thiazole rings is 1. The average Bonchev–Trinajstić information content (AvgIpc) is 2.97. The van der Waals surface area contributed by atoms with E-state index < -0.39 is 11.9 Å². The molecule has 20 heavy (non-hydrogen) atoms. The number of aromatic nitrogens is 1. The Balaban J connectivity index is 1.99. The Kier molecular flexibility index (Phi) is 3.22. The third-order valence-electron chi connectivity index (χ3n) is 3.66. The van der Waals surface area contributed by atoms with Crippen LogP contribution in [0, 0.1) is 6.92 Å². The largest absolute Gasteiger partial charge is 0.496 e. The molecule has 1 heterocycles. The van der Waals surface area contributed by atoms with Gasteiger partial charge in [-0.25, -0.2) is 4.98 Å². The summed E-state index contributed by atoms with van der Waals surface area (Å²) in [5, 5.41) is 10.1. The van der Waals surface area contributed by atoms with Crippen molar-refractivity contribution < 1.29 is 14.6 Å². The number of aliphatic carboxylic acids is 1. The van der Waals surface area contributed by atoms with Gasteiger partial charge in [0.2, 0.25) is 0 Å². The normalized spacial score (nSPS) is 17.0. The van der Waals surface area contributed by atoms with Gasteiger partial charge in [-0.2, -0.15) is 0 Å². The fourth-order valence-electron chi connectivity index (χ4n) is 2.60. The van der Waals surface area contributed by atoms with Crippen molar-refractivity contribution in [1.82, 2.24) is 4.98 Å². The summed E-state index contributed by atoms with van der Waals surface area (Å²) in [6, 6.07) is 5.92. The molecule has 2 aromatic rings. The predicted molar refractivity (Wildman–Crippen MR) is 77.5 cm³/mol. The number of aryl methyl sites for hydroxylation is 2. The number of hydrogen-bond acceptors (Lipinski definition) is 4. The van der Waals surface area contributed by atoms with Gasteiger partial charge < -0.3 is 9.84 Å². The van der Waals surface area contributed by atoms with Gasteiger partial charge in [-0.3, -0.25) is 4.79 Å². The molecular weight excluding hydrogens is 274 g/mol. The Morgan fingerprint density at radius 2 is 2.30 bits per heavy atom. The van der Waals surface area contributed by atoms with Crippen LogP contribution in [0.4, 0.5) is 0 Å². The van der Waals surface area contributed by atoms with Crippen molar-refractivity contribution in [2.45, 2.75) is 25.7 Å². The molecule has 104 valence electrons. The topological polar surface area (TPSA) is 59.4 Å². The van der Waals surface area contributed by atoms with Gasteiger partial charge in [0.1, 0.15) is 16.7 Å². The molecule has 0 amide bonds. The molecule has 1 unspecified atom stereocenters. The van der Waals surface area contributed by atoms with E-state index >= 15 is 0 Å². The van der Waals surface area contributed by atoms with E-state index in [1.165, 1.54) is 0 Å². The quantitative estimate of drug-likeness (QED) is 0.942. The highest BCUT2D eigenvalue weighted by molar-refractivity contribution is 7.15. The zero-order valence-corrected chi connectivity index (χ0v) is 12.2. The van der Waals surface area contributed by atoms with Gasteiger partial charge in [-0.15, -0.1) is 11.3 Å². The van der Waals surface area contributed by atoms with Gasteiger partial charge in [0.15, 0.2) is 0 Å². The summed E-state index contributed by atoms with van der Waals surface area (Å²) in [5.41, 5.74) is 2.83. The van der Waals surface area contributed by atoms with Crippen molar-refractivity contribution in [2.75, 3.05) is 7.11 Å². The lowest BCUT2D eigenvalue weighted by atomic mass is 10.1. The first-order valence-corrected chi connectivity index (χ1v) is 7.29. The number of carboxylic acids is 1. The Bertz CT molecular complexity index is 678. The summed E-state index contributed by atoms with van der Waals surface area (Å²) in [6.45, 7) is 1.99. The summed E-state index contributed by atoms with van der Waals surface area (Å²) in [6.07, 6.45) is 1.49. The molecule has 1 atom stereocenters. The number of hydrogen-bond donors (Lipinski definition) is 1. The summed E-state index contributed by atoms with van der Waals surface area (Å²) in [7, 11) is 1.65. The maximum Gasteiger partial charge on any atom is 0.312 e. The Labute approximate surface area is 121 Å². The van der Waals surface area contributed by atoms with E-state index in [2.05, 4.69) is 4.98 Å². The molecule has 0 fully saturated rings. The zero-order chi connectivity index (χ0) is 14.3. The summed E-state index contributed by atoms with van der Waals surface area (Å²) >= 11 is 1.60. The number of ether oxygens (including phenoxy) is 1. The second-order valence-corrected chi connectivity index (χ2v) is 6.02. The lowest BCUT2D eigenvalue weighted by Crippen LogP contribution is -2.08. The third-order valence-corrected chi connectivity index (χ3v) is 4.84. The first-order valence-electron chi connectivity index (χ1n) is 6.47. The molecule has 5 heteroatoms. The fourth-order valence-corrected chi connectivity index (χ4v) is 3.74. The number of carboxylic acid groups (broad SMARTS) is 1. The van der Waals surface area contributed by atoms with E-state index in [1.807, 2.05) is 25.1 Å². The number of benzene rings is 1. The lowest BCUT2D eigenvalue weighted by molar-refractivity contribution is -0.138. The van der Waals surface area contributed by atoms with E-state index in [9.17, 15) is 9.90 Å². The average molecular weight is 289 g/mol. The van der Waals surface area contributed by atoms with E-state index in [0.29, 0.717) is 6.42 Å². The van der Waals surface area contributed by atoms with Crippen LogP contribution in [0.3, 0.4) is 0 Å². The third kappa shape index (κ3) is 2.08. The minimum absolute atomic E-state index is 0.436. The monoisotopic (exact) mass is 289 g/mol. The number of carbonyl (C=O) groups is 1. The van der Waals surface area contributed by atoms with Crippen LogP contribution in [0.15, 0.2) is 18.2 Å². The van der Waals surface area contributed by atoms with Crippen LogP contribution in [0.1, 0.15) is 28.5 Å². The molecule has 1 aliphatic carbocycles. The van der Waals surface area contributed by atoms with Crippen LogP contribution in [0.25, 0.3) is 10.6 Å². The maximum absolute atomic E-state index is 11.2. The Hall–Kier alpha value is -1.88. The SMILES string of the molecule is COc1ccc(-c2nc3c(s2)CCC3C(=O)O)cc1C. The molecule has 3 rings (SSSR count). The highest BCUT2D eigenvalue weighted by atomic mass is 32.1. The second-order valence-electron chi connectivity index (χ2n) is 4.94. The molecule has 0 spiro atoms. The standard InChI is InChI=1S/C15H15NO3S/c1-8-7-9(3-5-11(8)19-2)14-16-13-10(15(17)18)4-6-12(13)20-14/h3,5,7,10H,4,6H2,1-2H3,(H,17,18). The van der Waals surface area contributed by atoms with Crippen LogP contribution in [-0.2, 0) is 11.2 Å². The van der Waals surface area contributed by atoms with E-state index in [0.717, 1.165) is 38.9 Å². The summed E-state index contributed by atoms with van der Waals surface area (Å²) in [5.74, 6) is -0.359. The number of nitrogens with zero attached hydrogens (tertiary/aromatic N) is 1. The van der Waals surface area contributed by atoms with Gasteiger partial charge in [-0.05, 0) is 43.5 Å². The Morgan fingerprint density at radius 1 is 1.50 bits per heavy atom. The van der Waals surface area contributed by atoms with Crippen LogP contribution in [0.2, 0.25) is 0 Å². The molecule has 4 nitrogen and oxygen atoms in total. The number of methoxy groups -OCH3 is 1. The van der Waals surface area contributed by atoms with Gasteiger partial charge >= 0.3 is 5.97 Å². The van der Waals surface area contributed by atoms with Crippen LogP contribution < -0.4 is 4.74 Å². The molecule has 1 aromatic carbocycles. The first-order chi connectivity index (χ1) is 9.60. The zero-order valence-electron chi connectivity index (χ0n) is 11.3. The smallest absolute Gasteiger partial charge is 0.312 e. The molecule has 0 saturated carbocycles. The lowest BCUT2D eigenvalue weighted by Gasteiger charge is -2.06. The predicted octanol–water partition coefficient (Wildman–Crippen LogP) is 3.24. The number of rotatable bonds is 3. The van der Waals surface area contributed by atoms with Crippen molar-refractivity contribution in [3.05, 3.63) is 34.3 Å². The molecule has 0 bridgehead atoms. The highest BCUT2D eigenvalue weighted by Crippen LogP contribution is 2.40. The minimum Gasteiger partial charge on any atom is -0.496 e. The molecule has 0 saturated heterocycles. The molecule has 0 aliphatic heterocycles. The van der Waals surface area contributed by atoms with Crippen LogP contribution in [-0.4, -0.2) is 23.2 Å². The summed E-state index contributed by atoms with van der Waals surface area (Å²) < 4.78 is 5.25. The molecule has 1 N–H and O–H groups in total. The van der Waals surface area contributed by atoms with Crippen molar-refractivity contribution in [3.63, 3.8) is 0 Å². The van der Waals surface area contributed by atoms with Gasteiger partial charge in [0.25, 0.3) is 0 Å². The van der Waals surface area contributed by atoms with E-state index in [1.54, 1.807) is 18.4 Å². The van der Waals surface area contributed by atoms with Crippen molar-refractivity contribution in [1.29, 1.82) is 0 Å². The molecule has 1 aliphatic rings. The van der Waals surface area contributed by atoms with Gasteiger partial charge in [0, 0.05) is 10.4 Å². The van der Waals surface area contributed by atoms with Crippen molar-refractivity contribution in [3.8, 4) is 16.3 Å². The molecular formula is C15H15NO3S. The van der Waals surface area contributed by atoms with E-state index in [4.69, 9.17) is 4.74 Å². The van der Waals surface area contributed by atoms with Crippen molar-refractivity contribution >= 4 is 17.3 Å². The van der Waals surface area contributed by atoms with Crippen molar-refractivity contribution in [2.24, 2.45) is 0 Å². The Morgan fingerprint density at radius 3 is 2.95 bits per heavy atom. The van der Waals surface area contributed by atoms with Gasteiger partial charge in [-0.1, -0.05) is 0 Å².